The van der Waals surface area contributed by atoms with E-state index < -0.39 is 0 Å². The minimum absolute atomic E-state index is 1.07. The third-order valence-corrected chi connectivity index (χ3v) is 9.55. The Labute approximate surface area is 241 Å². The Morgan fingerprint density at radius 3 is 1.77 bits per heavy atom. The molecule has 0 unspecified atom stereocenters. The Morgan fingerprint density at radius 1 is 0.667 bits per heavy atom. The lowest BCUT2D eigenvalue weighted by Gasteiger charge is -2.26. The van der Waals surface area contributed by atoms with Gasteiger partial charge in [-0.2, -0.15) is 0 Å². The van der Waals surface area contributed by atoms with Gasteiger partial charge >= 0.3 is 0 Å². The molecule has 0 N–H and O–H groups in total. The second kappa shape index (κ2) is 11.8. The maximum absolute atomic E-state index is 2.37. The summed E-state index contributed by atoms with van der Waals surface area (Å²) in [7, 11) is 0. The van der Waals surface area contributed by atoms with Crippen LogP contribution in [-0.2, 0) is 0 Å². The van der Waals surface area contributed by atoms with Crippen LogP contribution in [0.15, 0.2) is 119 Å². The molecule has 4 aromatic carbocycles. The zero-order chi connectivity index (χ0) is 26.6. The fourth-order valence-electron chi connectivity index (χ4n) is 5.21. The number of aryl methyl sites for hydroxylation is 1. The summed E-state index contributed by atoms with van der Waals surface area (Å²) in [5.74, 6) is 2.24. The topological polar surface area (TPSA) is 3.24 Å². The van der Waals surface area contributed by atoms with Crippen molar-refractivity contribution in [2.24, 2.45) is 0 Å². The Kier molecular flexibility index (Phi) is 7.81. The summed E-state index contributed by atoms with van der Waals surface area (Å²) in [4.78, 5) is 5.14. The number of hydrogen-bond acceptors (Lipinski definition) is 3. The predicted octanol–water partition coefficient (Wildman–Crippen LogP) is 10.4. The minimum atomic E-state index is 1.07. The van der Waals surface area contributed by atoms with Gasteiger partial charge in [0.15, 0.2) is 0 Å². The van der Waals surface area contributed by atoms with E-state index in [1.165, 1.54) is 60.0 Å². The summed E-state index contributed by atoms with van der Waals surface area (Å²) < 4.78 is 0. The lowest BCUT2D eigenvalue weighted by atomic mass is 10.0. The fraction of sp³-hybridized carbons (Fsp3) is 0.167. The van der Waals surface area contributed by atoms with Gasteiger partial charge in [-0.15, -0.1) is 23.5 Å². The zero-order valence-electron chi connectivity index (χ0n) is 22.6. The molecule has 0 saturated carbocycles. The Morgan fingerprint density at radius 2 is 1.21 bits per heavy atom. The summed E-state index contributed by atoms with van der Waals surface area (Å²) in [6.45, 7) is 4.33. The van der Waals surface area contributed by atoms with Crippen LogP contribution < -0.4 is 4.90 Å². The minimum Gasteiger partial charge on any atom is -0.323 e. The molecule has 0 spiro atoms. The van der Waals surface area contributed by atoms with Crippen molar-refractivity contribution in [1.29, 1.82) is 0 Å². The van der Waals surface area contributed by atoms with Gasteiger partial charge in [0, 0.05) is 39.4 Å². The van der Waals surface area contributed by atoms with E-state index >= 15 is 0 Å². The third-order valence-electron chi connectivity index (χ3n) is 7.40. The van der Waals surface area contributed by atoms with Crippen molar-refractivity contribution < 1.29 is 0 Å². The van der Waals surface area contributed by atoms with Crippen LogP contribution in [0, 0.1) is 6.92 Å². The van der Waals surface area contributed by atoms with E-state index in [0.29, 0.717) is 0 Å². The molecule has 0 amide bonds. The van der Waals surface area contributed by atoms with Crippen LogP contribution in [0.1, 0.15) is 47.6 Å². The maximum atomic E-state index is 2.37. The zero-order valence-corrected chi connectivity index (χ0v) is 24.2. The van der Waals surface area contributed by atoms with E-state index in [2.05, 4.69) is 134 Å². The molecule has 2 heterocycles. The molecule has 0 aliphatic carbocycles. The molecule has 0 saturated heterocycles. The molecule has 4 aromatic rings. The molecule has 0 bridgehead atoms. The van der Waals surface area contributed by atoms with E-state index in [4.69, 9.17) is 0 Å². The second-order valence-electron chi connectivity index (χ2n) is 10.2. The summed E-state index contributed by atoms with van der Waals surface area (Å²) in [6, 6.07) is 35.4. The van der Waals surface area contributed by atoms with Crippen molar-refractivity contribution in [3.8, 4) is 0 Å². The van der Waals surface area contributed by atoms with E-state index in [1.54, 1.807) is 0 Å². The summed E-state index contributed by atoms with van der Waals surface area (Å²) in [5, 5.41) is 0. The number of hydrogen-bond donors (Lipinski definition) is 0. The first kappa shape index (κ1) is 25.9. The van der Waals surface area contributed by atoms with Gasteiger partial charge in [-0.05, 0) is 89.9 Å². The number of nitrogens with zero attached hydrogens (tertiary/aromatic N) is 1. The van der Waals surface area contributed by atoms with E-state index in [1.807, 2.05) is 23.5 Å². The van der Waals surface area contributed by atoms with Gasteiger partial charge in [0.25, 0.3) is 0 Å². The number of thioether (sulfide) groups is 2. The summed E-state index contributed by atoms with van der Waals surface area (Å²) in [5.41, 5.74) is 11.8. The molecule has 0 aromatic heterocycles. The molecular formula is C36H33NS2. The lowest BCUT2D eigenvalue weighted by Crippen LogP contribution is -2.12. The van der Waals surface area contributed by atoms with Crippen molar-refractivity contribution in [1.82, 2.24) is 0 Å². The lowest BCUT2D eigenvalue weighted by molar-refractivity contribution is 1.14. The molecule has 194 valence electrons. The van der Waals surface area contributed by atoms with Crippen LogP contribution in [-0.4, -0.2) is 11.5 Å². The number of rotatable bonds is 5. The van der Waals surface area contributed by atoms with Gasteiger partial charge < -0.3 is 4.90 Å². The van der Waals surface area contributed by atoms with Crippen molar-refractivity contribution in [2.75, 3.05) is 16.4 Å². The number of fused-ring (bicyclic) bond motifs is 2. The fourth-order valence-corrected chi connectivity index (χ4v) is 7.35. The summed E-state index contributed by atoms with van der Waals surface area (Å²) in [6.07, 6.45) is 9.16. The molecule has 0 fully saturated rings. The molecule has 6 rings (SSSR count). The van der Waals surface area contributed by atoms with Crippen LogP contribution in [0.2, 0.25) is 0 Å². The Bertz CT molecular complexity index is 1490. The number of anilines is 1. The average Bonchev–Trinajstić information content (AvgIpc) is 2.98. The monoisotopic (exact) mass is 543 g/mol. The van der Waals surface area contributed by atoms with Gasteiger partial charge in [-0.25, -0.2) is 0 Å². The molecule has 2 aliphatic heterocycles. The van der Waals surface area contributed by atoms with Crippen molar-refractivity contribution in [3.05, 3.63) is 137 Å². The van der Waals surface area contributed by atoms with Crippen LogP contribution in [0.25, 0.3) is 22.8 Å². The van der Waals surface area contributed by atoms with Crippen LogP contribution in [0.5, 0.6) is 0 Å². The molecule has 2 aliphatic rings. The highest BCUT2D eigenvalue weighted by Crippen LogP contribution is 2.40. The van der Waals surface area contributed by atoms with E-state index in [-0.39, 0.29) is 0 Å². The van der Waals surface area contributed by atoms with Crippen molar-refractivity contribution in [3.63, 3.8) is 0 Å². The molecule has 1 nitrogen and oxygen atoms in total. The SMILES string of the molecule is CC(=Cc1ccc(C)cc1)c1ccc(N(C=C2CCSc3ccccc32)C=C2CCSc3ccccc32)cc1. The first-order valence-corrected chi connectivity index (χ1v) is 15.6. The number of benzene rings is 4. The average molecular weight is 544 g/mol. The Balaban J connectivity index is 1.38. The quantitative estimate of drug-likeness (QED) is 0.231. The van der Waals surface area contributed by atoms with Crippen molar-refractivity contribution in [2.45, 2.75) is 36.5 Å². The van der Waals surface area contributed by atoms with Gasteiger partial charge in [0.05, 0.1) is 0 Å². The molecule has 39 heavy (non-hydrogen) atoms. The van der Waals surface area contributed by atoms with Crippen LogP contribution in [0.3, 0.4) is 0 Å². The standard InChI is InChI=1S/C36H33NS2/c1-26-11-13-28(14-12-26)23-27(2)29-15-17-32(18-16-29)37(24-30-19-21-38-35-9-5-3-7-33(30)35)25-31-20-22-39-36-10-6-4-8-34(31)36/h3-18,23-25H,19-22H2,1-2H3. The van der Waals surface area contributed by atoms with Crippen LogP contribution >= 0.6 is 23.5 Å². The van der Waals surface area contributed by atoms with Gasteiger partial charge in [-0.1, -0.05) is 84.4 Å². The Hall–Kier alpha value is -3.40. The highest BCUT2D eigenvalue weighted by Gasteiger charge is 2.18. The normalized spacial score (nSPS) is 17.1. The summed E-state index contributed by atoms with van der Waals surface area (Å²) >= 11 is 3.93. The van der Waals surface area contributed by atoms with E-state index in [0.717, 1.165) is 24.3 Å². The van der Waals surface area contributed by atoms with Crippen LogP contribution in [0.4, 0.5) is 5.69 Å². The highest BCUT2D eigenvalue weighted by molar-refractivity contribution is 7.99. The molecule has 3 heteroatoms. The first-order chi connectivity index (χ1) is 19.1. The maximum Gasteiger partial charge on any atom is 0.0449 e. The van der Waals surface area contributed by atoms with Gasteiger partial charge in [0.2, 0.25) is 0 Å². The predicted molar refractivity (Wildman–Crippen MR) is 173 cm³/mol. The van der Waals surface area contributed by atoms with E-state index in [9.17, 15) is 0 Å². The third kappa shape index (κ3) is 5.95. The van der Waals surface area contributed by atoms with Gasteiger partial charge in [-0.3, -0.25) is 0 Å². The van der Waals surface area contributed by atoms with Crippen molar-refractivity contribution >= 4 is 52.0 Å². The second-order valence-corrected chi connectivity index (χ2v) is 12.5. The highest BCUT2D eigenvalue weighted by atomic mass is 32.2. The first-order valence-electron chi connectivity index (χ1n) is 13.6. The van der Waals surface area contributed by atoms with Gasteiger partial charge in [0.1, 0.15) is 0 Å². The number of allylic oxidation sites excluding steroid dienone is 3. The molecular weight excluding hydrogens is 511 g/mol. The molecule has 0 radical (unpaired) electrons. The largest absolute Gasteiger partial charge is 0.323 e. The molecule has 0 atom stereocenters. The smallest absolute Gasteiger partial charge is 0.0449 e.